The van der Waals surface area contributed by atoms with Crippen molar-refractivity contribution in [1.29, 1.82) is 0 Å². The maximum atomic E-state index is 4.31. The van der Waals surface area contributed by atoms with Gasteiger partial charge in [0.1, 0.15) is 0 Å². The van der Waals surface area contributed by atoms with Crippen LogP contribution in [0.1, 0.15) is 11.1 Å². The Kier molecular flexibility index (Phi) is 2.68. The van der Waals surface area contributed by atoms with E-state index < -0.39 is 0 Å². The number of aromatic nitrogens is 3. The lowest BCUT2D eigenvalue weighted by atomic mass is 10.2. The summed E-state index contributed by atoms with van der Waals surface area (Å²) < 4.78 is 1.88. The molecular weight excluding hydrogens is 224 g/mol. The van der Waals surface area contributed by atoms with Crippen LogP contribution in [0.4, 0.5) is 5.69 Å². The molecule has 0 fully saturated rings. The Bertz CT molecular complexity index is 672. The first kappa shape index (κ1) is 10.8. The van der Waals surface area contributed by atoms with Gasteiger partial charge in [-0.2, -0.15) is 5.10 Å². The number of rotatable bonds is 3. The first-order chi connectivity index (χ1) is 8.84. The van der Waals surface area contributed by atoms with Crippen LogP contribution in [-0.4, -0.2) is 14.6 Å². The quantitative estimate of drug-likeness (QED) is 0.762. The number of anilines is 1. The van der Waals surface area contributed by atoms with Gasteiger partial charge in [-0.15, -0.1) is 0 Å². The Hall–Kier alpha value is -2.36. The molecule has 0 bridgehead atoms. The molecule has 0 amide bonds. The number of nitrogens with zero attached hydrogens (tertiary/aromatic N) is 3. The average Bonchev–Trinajstić information content (AvgIpc) is 2.81. The molecule has 4 nitrogen and oxygen atoms in total. The number of hydrogen-bond donors (Lipinski definition) is 1. The third-order valence-electron chi connectivity index (χ3n) is 3.01. The molecular formula is C14H14N4. The molecule has 0 aromatic carbocycles. The molecule has 3 rings (SSSR count). The summed E-state index contributed by atoms with van der Waals surface area (Å²) in [5.74, 6) is 0. The van der Waals surface area contributed by atoms with E-state index in [-0.39, 0.29) is 0 Å². The van der Waals surface area contributed by atoms with E-state index in [9.17, 15) is 0 Å². The van der Waals surface area contributed by atoms with Gasteiger partial charge in [0.25, 0.3) is 0 Å². The van der Waals surface area contributed by atoms with Crippen molar-refractivity contribution in [2.24, 2.45) is 0 Å². The molecule has 0 radical (unpaired) electrons. The lowest BCUT2D eigenvalue weighted by Gasteiger charge is -2.07. The summed E-state index contributed by atoms with van der Waals surface area (Å²) in [5, 5.41) is 7.71. The largest absolute Gasteiger partial charge is 0.379 e. The van der Waals surface area contributed by atoms with Crippen LogP contribution in [0.2, 0.25) is 0 Å². The normalized spacial score (nSPS) is 10.7. The first-order valence-corrected chi connectivity index (χ1v) is 5.90. The highest BCUT2D eigenvalue weighted by atomic mass is 15.2. The van der Waals surface area contributed by atoms with Crippen molar-refractivity contribution in [2.45, 2.75) is 13.5 Å². The van der Waals surface area contributed by atoms with Crippen molar-refractivity contribution in [3.63, 3.8) is 0 Å². The minimum Gasteiger partial charge on any atom is -0.379 e. The molecule has 3 aromatic heterocycles. The van der Waals surface area contributed by atoms with E-state index in [1.54, 1.807) is 6.20 Å². The molecule has 4 heteroatoms. The number of pyridine rings is 2. The van der Waals surface area contributed by atoms with Gasteiger partial charge in [0.2, 0.25) is 0 Å². The van der Waals surface area contributed by atoms with Crippen LogP contribution in [0.15, 0.2) is 49.1 Å². The van der Waals surface area contributed by atoms with Gasteiger partial charge < -0.3 is 5.32 Å². The van der Waals surface area contributed by atoms with Crippen LogP contribution < -0.4 is 5.32 Å². The van der Waals surface area contributed by atoms with Crippen LogP contribution >= 0.6 is 0 Å². The fourth-order valence-corrected chi connectivity index (χ4v) is 1.96. The monoisotopic (exact) mass is 238 g/mol. The summed E-state index contributed by atoms with van der Waals surface area (Å²) in [6, 6.07) is 8.07. The number of hydrogen-bond acceptors (Lipinski definition) is 3. The van der Waals surface area contributed by atoms with Gasteiger partial charge in [-0.1, -0.05) is 6.07 Å². The predicted molar refractivity (Wildman–Crippen MR) is 71.5 cm³/mol. The Morgan fingerprint density at radius 2 is 2.17 bits per heavy atom. The predicted octanol–water partition coefficient (Wildman–Crippen LogP) is 2.65. The Balaban J connectivity index is 1.83. The van der Waals surface area contributed by atoms with Crippen molar-refractivity contribution >= 4 is 11.2 Å². The van der Waals surface area contributed by atoms with Gasteiger partial charge in [0.15, 0.2) is 0 Å². The van der Waals surface area contributed by atoms with Gasteiger partial charge >= 0.3 is 0 Å². The van der Waals surface area contributed by atoms with Crippen LogP contribution in [0.25, 0.3) is 5.52 Å². The van der Waals surface area contributed by atoms with E-state index >= 15 is 0 Å². The zero-order chi connectivity index (χ0) is 12.4. The lowest BCUT2D eigenvalue weighted by molar-refractivity contribution is 0.961. The molecule has 0 atom stereocenters. The zero-order valence-corrected chi connectivity index (χ0v) is 10.2. The van der Waals surface area contributed by atoms with Crippen molar-refractivity contribution in [3.8, 4) is 0 Å². The third kappa shape index (κ3) is 1.93. The molecule has 0 saturated carbocycles. The Morgan fingerprint density at radius 3 is 3.06 bits per heavy atom. The molecule has 0 aliphatic carbocycles. The molecule has 0 saturated heterocycles. The van der Waals surface area contributed by atoms with Crippen molar-refractivity contribution < 1.29 is 0 Å². The van der Waals surface area contributed by atoms with Crippen molar-refractivity contribution in [1.82, 2.24) is 14.6 Å². The Labute approximate surface area is 105 Å². The highest BCUT2D eigenvalue weighted by molar-refractivity contribution is 5.56. The number of aryl methyl sites for hydroxylation is 1. The average molecular weight is 238 g/mol. The molecule has 0 aliphatic heterocycles. The first-order valence-electron chi connectivity index (χ1n) is 5.90. The number of fused-ring (bicyclic) bond motifs is 1. The molecule has 18 heavy (non-hydrogen) atoms. The fraction of sp³-hybridized carbons (Fsp3) is 0.143. The molecule has 0 spiro atoms. The van der Waals surface area contributed by atoms with E-state index in [1.165, 1.54) is 11.1 Å². The summed E-state index contributed by atoms with van der Waals surface area (Å²) in [6.07, 6.45) is 7.50. The minimum absolute atomic E-state index is 0.750. The summed E-state index contributed by atoms with van der Waals surface area (Å²) in [6.45, 7) is 2.82. The topological polar surface area (TPSA) is 42.2 Å². The molecule has 3 heterocycles. The van der Waals surface area contributed by atoms with Crippen molar-refractivity contribution in [3.05, 3.63) is 60.2 Å². The van der Waals surface area contributed by atoms with Gasteiger partial charge in [-0.3, -0.25) is 4.98 Å². The van der Waals surface area contributed by atoms with E-state index in [2.05, 4.69) is 28.4 Å². The SMILES string of the molecule is Cc1ccncc1NCc1cnn2ccccc12. The van der Waals surface area contributed by atoms with Gasteiger partial charge in [0, 0.05) is 24.5 Å². The van der Waals surface area contributed by atoms with Gasteiger partial charge in [-0.05, 0) is 30.7 Å². The van der Waals surface area contributed by atoms with E-state index in [0.717, 1.165) is 17.7 Å². The fourth-order valence-electron chi connectivity index (χ4n) is 1.96. The van der Waals surface area contributed by atoms with Crippen LogP contribution in [0, 0.1) is 6.92 Å². The molecule has 1 N–H and O–H groups in total. The minimum atomic E-state index is 0.750. The Morgan fingerprint density at radius 1 is 1.22 bits per heavy atom. The summed E-state index contributed by atoms with van der Waals surface area (Å²) in [4.78, 5) is 4.12. The van der Waals surface area contributed by atoms with E-state index in [4.69, 9.17) is 0 Å². The third-order valence-corrected chi connectivity index (χ3v) is 3.01. The second-order valence-corrected chi connectivity index (χ2v) is 4.24. The van der Waals surface area contributed by atoms with E-state index in [0.29, 0.717) is 0 Å². The highest BCUT2D eigenvalue weighted by Gasteiger charge is 2.03. The second-order valence-electron chi connectivity index (χ2n) is 4.24. The maximum Gasteiger partial charge on any atom is 0.0711 e. The maximum absolute atomic E-state index is 4.31. The molecule has 90 valence electrons. The molecule has 0 unspecified atom stereocenters. The van der Waals surface area contributed by atoms with E-state index in [1.807, 2.05) is 41.3 Å². The van der Waals surface area contributed by atoms with Crippen LogP contribution in [0.3, 0.4) is 0 Å². The smallest absolute Gasteiger partial charge is 0.0711 e. The number of nitrogens with one attached hydrogen (secondary N) is 1. The molecule has 3 aromatic rings. The molecule has 0 aliphatic rings. The summed E-state index contributed by atoms with van der Waals surface area (Å²) in [7, 11) is 0. The van der Waals surface area contributed by atoms with Gasteiger partial charge in [0.05, 0.1) is 23.6 Å². The van der Waals surface area contributed by atoms with Crippen molar-refractivity contribution in [2.75, 3.05) is 5.32 Å². The summed E-state index contributed by atoms with van der Waals surface area (Å²) >= 11 is 0. The lowest BCUT2D eigenvalue weighted by Crippen LogP contribution is -2.01. The highest BCUT2D eigenvalue weighted by Crippen LogP contribution is 2.15. The standard InChI is InChI=1S/C14H14N4/c1-11-5-6-15-10-13(11)16-8-12-9-17-18-7-3-2-4-14(12)18/h2-7,9-10,16H,8H2,1H3. The summed E-state index contributed by atoms with van der Waals surface area (Å²) in [5.41, 5.74) is 4.57. The van der Waals surface area contributed by atoms with Crippen LogP contribution in [0.5, 0.6) is 0 Å². The van der Waals surface area contributed by atoms with Gasteiger partial charge in [-0.25, -0.2) is 4.52 Å². The zero-order valence-electron chi connectivity index (χ0n) is 10.2. The van der Waals surface area contributed by atoms with Crippen LogP contribution in [-0.2, 0) is 6.54 Å². The second kappa shape index (κ2) is 4.49.